The quantitative estimate of drug-likeness (QED) is 0.142. The number of carbonyl (C=O) groups excluding carboxylic acids is 1. The highest BCUT2D eigenvalue weighted by atomic mass is 35.5. The van der Waals surface area contributed by atoms with Crippen molar-refractivity contribution in [3.05, 3.63) is 167 Å². The number of nitrogens with zero attached hydrogens (tertiary/aromatic N) is 4. The molecule has 2 aromatic heterocycles. The summed E-state index contributed by atoms with van der Waals surface area (Å²) >= 11 is 5.99. The van der Waals surface area contributed by atoms with E-state index in [1.165, 1.54) is 16.8 Å². The van der Waals surface area contributed by atoms with Gasteiger partial charge in [0.1, 0.15) is 5.69 Å². The van der Waals surface area contributed by atoms with E-state index < -0.39 is 10.0 Å². The number of hydrogen-bond donors (Lipinski definition) is 3. The zero-order chi connectivity index (χ0) is 38.7. The van der Waals surface area contributed by atoms with Gasteiger partial charge in [-0.25, -0.2) is 22.9 Å². The first-order chi connectivity index (χ1) is 26.5. The monoisotopic (exact) mass is 767 g/mol. The minimum atomic E-state index is -3.81. The highest BCUT2D eigenvalue weighted by Crippen LogP contribution is 2.28. The Labute approximate surface area is 324 Å². The van der Waals surface area contributed by atoms with Gasteiger partial charge in [-0.05, 0) is 108 Å². The van der Waals surface area contributed by atoms with E-state index in [2.05, 4.69) is 52.1 Å². The third-order valence-corrected chi connectivity index (χ3v) is 10.3. The van der Waals surface area contributed by atoms with Crippen molar-refractivity contribution in [2.75, 3.05) is 12.4 Å². The Morgan fingerprint density at radius 3 is 2.00 bits per heavy atom. The second kappa shape index (κ2) is 15.6. The summed E-state index contributed by atoms with van der Waals surface area (Å²) in [7, 11) is -2.20. The fourth-order valence-electron chi connectivity index (χ4n) is 6.45. The van der Waals surface area contributed by atoms with Crippen molar-refractivity contribution in [3.8, 4) is 22.5 Å². The number of carbonyl (C=O) groups is 1. The van der Waals surface area contributed by atoms with Gasteiger partial charge in [0.05, 0.1) is 39.9 Å². The Morgan fingerprint density at radius 2 is 1.27 bits per heavy atom. The summed E-state index contributed by atoms with van der Waals surface area (Å²) in [6.45, 7) is 4.43. The van der Waals surface area contributed by atoms with E-state index in [0.29, 0.717) is 22.8 Å². The molecule has 0 radical (unpaired) electrons. The molecular formula is C43H38ClN7O3S. The van der Waals surface area contributed by atoms with Crippen LogP contribution < -0.4 is 15.8 Å². The van der Waals surface area contributed by atoms with Gasteiger partial charge in [-0.15, -0.1) is 0 Å². The summed E-state index contributed by atoms with van der Waals surface area (Å²) in [5.41, 5.74) is 7.44. The number of primary sulfonamides is 1. The zero-order valence-corrected chi connectivity index (χ0v) is 31.9. The number of rotatable bonds is 8. The van der Waals surface area contributed by atoms with E-state index in [9.17, 15) is 13.2 Å². The number of sulfonamides is 1. The van der Waals surface area contributed by atoms with Crippen molar-refractivity contribution in [2.45, 2.75) is 25.3 Å². The predicted molar refractivity (Wildman–Crippen MR) is 221 cm³/mol. The summed E-state index contributed by atoms with van der Waals surface area (Å²) < 4.78 is 27.5. The average molecular weight is 768 g/mol. The zero-order valence-electron chi connectivity index (χ0n) is 30.4. The number of benzene rings is 6. The molecule has 4 N–H and O–H groups in total. The predicted octanol–water partition coefficient (Wildman–Crippen LogP) is 8.61. The third-order valence-electron chi connectivity index (χ3n) is 9.07. The highest BCUT2D eigenvalue weighted by molar-refractivity contribution is 7.89. The van der Waals surface area contributed by atoms with Crippen LogP contribution in [0, 0.1) is 13.8 Å². The van der Waals surface area contributed by atoms with Crippen LogP contribution in [0.1, 0.15) is 27.6 Å². The van der Waals surface area contributed by atoms with E-state index in [-0.39, 0.29) is 10.8 Å². The molecule has 8 aromatic rings. The van der Waals surface area contributed by atoms with Gasteiger partial charge in [0.2, 0.25) is 10.0 Å². The summed E-state index contributed by atoms with van der Waals surface area (Å²) in [6, 6.07) is 44.4. The molecule has 0 aliphatic carbocycles. The van der Waals surface area contributed by atoms with Crippen LogP contribution in [0.3, 0.4) is 0 Å². The molecule has 0 bridgehead atoms. The van der Waals surface area contributed by atoms with Crippen molar-refractivity contribution in [2.24, 2.45) is 5.14 Å². The second-order valence-electron chi connectivity index (χ2n) is 13.0. The first-order valence-corrected chi connectivity index (χ1v) is 19.4. The van der Waals surface area contributed by atoms with Crippen LogP contribution in [-0.2, 0) is 16.6 Å². The van der Waals surface area contributed by atoms with Gasteiger partial charge >= 0.3 is 0 Å². The van der Waals surface area contributed by atoms with E-state index >= 15 is 0 Å². The standard InChI is InChI=1S/C27H24N4O2S.C16H14ClN3O/c1-19-16-25(31(30-19)24-15-12-20-6-2-3-7-22(20)17-24)18-29-23-13-10-21(11-14-23)26-8-4-5-9-27(26)34(28,32)33;1-10-7-15(16(21)18-2)20(19-10)14-6-4-11-8-13(17)5-3-12(11)9-14/h2-17,29H,18H2,1H3,(H2,28,32,33);3-9H,1-2H3,(H,18,21). The van der Waals surface area contributed by atoms with Crippen molar-refractivity contribution in [1.29, 1.82) is 0 Å². The van der Waals surface area contributed by atoms with Crippen molar-refractivity contribution in [3.63, 3.8) is 0 Å². The molecule has 0 saturated carbocycles. The number of fused-ring (bicyclic) bond motifs is 2. The van der Waals surface area contributed by atoms with Crippen molar-refractivity contribution < 1.29 is 13.2 Å². The lowest BCUT2D eigenvalue weighted by atomic mass is 10.1. The van der Waals surface area contributed by atoms with Crippen LogP contribution in [0.25, 0.3) is 44.0 Å². The van der Waals surface area contributed by atoms with Gasteiger partial charge in [0.25, 0.3) is 5.91 Å². The fraction of sp³-hybridized carbons (Fsp3) is 0.0930. The molecular weight excluding hydrogens is 730 g/mol. The van der Waals surface area contributed by atoms with E-state index in [4.69, 9.17) is 21.8 Å². The minimum absolute atomic E-state index is 0.116. The minimum Gasteiger partial charge on any atom is -0.379 e. The maximum Gasteiger partial charge on any atom is 0.269 e. The number of nitrogens with one attached hydrogen (secondary N) is 2. The van der Waals surface area contributed by atoms with Crippen LogP contribution in [-0.4, -0.2) is 40.9 Å². The molecule has 0 saturated heterocycles. The van der Waals surface area contributed by atoms with Crippen molar-refractivity contribution in [1.82, 2.24) is 24.9 Å². The molecule has 12 heteroatoms. The molecule has 276 valence electrons. The van der Waals surface area contributed by atoms with E-state index in [0.717, 1.165) is 50.5 Å². The maximum atomic E-state index is 11.9. The van der Waals surface area contributed by atoms with Crippen molar-refractivity contribution >= 4 is 54.8 Å². The fourth-order valence-corrected chi connectivity index (χ4v) is 7.39. The molecule has 2 heterocycles. The number of aryl methyl sites for hydroxylation is 2. The van der Waals surface area contributed by atoms with Gasteiger partial charge in [-0.3, -0.25) is 4.79 Å². The number of hydrogen-bond acceptors (Lipinski definition) is 6. The highest BCUT2D eigenvalue weighted by Gasteiger charge is 2.16. The number of nitrogens with two attached hydrogens (primary N) is 1. The van der Waals surface area contributed by atoms with Crippen LogP contribution in [0.4, 0.5) is 5.69 Å². The number of aromatic nitrogens is 4. The Morgan fingerprint density at radius 1 is 0.691 bits per heavy atom. The maximum absolute atomic E-state index is 11.9. The van der Waals surface area contributed by atoms with Gasteiger partial charge < -0.3 is 10.6 Å². The SMILES string of the molecule is CNC(=O)c1cc(C)nn1-c1ccc2cc(Cl)ccc2c1.Cc1cc(CNc2ccc(-c3ccccc3S(N)(=O)=O)cc2)n(-c2ccc3ccccc3c2)n1. The molecule has 0 aliphatic rings. The Balaban J connectivity index is 0.000000190. The van der Waals surface area contributed by atoms with Crippen LogP contribution in [0.5, 0.6) is 0 Å². The summed E-state index contributed by atoms with van der Waals surface area (Å²) in [6.07, 6.45) is 0. The number of halogens is 1. The molecule has 8 rings (SSSR count). The van der Waals surface area contributed by atoms with Gasteiger partial charge in [0, 0.05) is 23.3 Å². The van der Waals surface area contributed by atoms with E-state index in [1.807, 2.05) is 91.3 Å². The Kier molecular flexibility index (Phi) is 10.5. The average Bonchev–Trinajstić information content (AvgIpc) is 3.78. The molecule has 0 aliphatic heterocycles. The molecule has 0 spiro atoms. The summed E-state index contributed by atoms with van der Waals surface area (Å²) in [5.74, 6) is -0.160. The van der Waals surface area contributed by atoms with Crippen LogP contribution in [0.15, 0.2) is 144 Å². The Hall–Kier alpha value is -6.27. The van der Waals surface area contributed by atoms with E-state index in [1.54, 1.807) is 36.0 Å². The first kappa shape index (κ1) is 37.1. The third kappa shape index (κ3) is 8.29. The normalized spacial score (nSPS) is 11.3. The number of anilines is 1. The first-order valence-electron chi connectivity index (χ1n) is 17.5. The molecule has 0 fully saturated rings. The second-order valence-corrected chi connectivity index (χ2v) is 15.0. The molecule has 0 unspecified atom stereocenters. The number of amides is 1. The molecule has 1 amide bonds. The topological polar surface area (TPSA) is 137 Å². The summed E-state index contributed by atoms with van der Waals surface area (Å²) in [5, 5.41) is 25.7. The lowest BCUT2D eigenvalue weighted by Gasteiger charge is -2.12. The van der Waals surface area contributed by atoms with Crippen LogP contribution >= 0.6 is 11.6 Å². The largest absolute Gasteiger partial charge is 0.379 e. The van der Waals surface area contributed by atoms with Gasteiger partial charge in [0.15, 0.2) is 0 Å². The smallest absolute Gasteiger partial charge is 0.269 e. The van der Waals surface area contributed by atoms with Crippen LogP contribution in [0.2, 0.25) is 5.02 Å². The molecule has 55 heavy (non-hydrogen) atoms. The molecule has 6 aromatic carbocycles. The summed E-state index contributed by atoms with van der Waals surface area (Å²) in [4.78, 5) is 12.1. The lowest BCUT2D eigenvalue weighted by Crippen LogP contribution is -2.21. The van der Waals surface area contributed by atoms with Gasteiger partial charge in [-0.1, -0.05) is 84.4 Å². The molecule has 10 nitrogen and oxygen atoms in total. The lowest BCUT2D eigenvalue weighted by molar-refractivity contribution is 0.0955. The Bertz CT molecular complexity index is 2790. The molecule has 0 atom stereocenters. The van der Waals surface area contributed by atoms with Gasteiger partial charge in [-0.2, -0.15) is 10.2 Å².